The van der Waals surface area contributed by atoms with Gasteiger partial charge in [-0.05, 0) is 67.2 Å². The minimum absolute atomic E-state index is 0. The van der Waals surface area contributed by atoms with Crippen molar-refractivity contribution in [2.24, 2.45) is 17.0 Å². The fourth-order valence-corrected chi connectivity index (χ4v) is 4.76. The maximum absolute atomic E-state index is 13.4. The molecule has 0 aliphatic heterocycles. The predicted octanol–water partition coefficient (Wildman–Crippen LogP) is 8.94. The van der Waals surface area contributed by atoms with Crippen LogP contribution in [0, 0.1) is 0 Å². The average Bonchev–Trinajstić information content (AvgIpc) is 3.41. The molecule has 7 heteroatoms. The second kappa shape index (κ2) is 15.1. The van der Waals surface area contributed by atoms with E-state index in [0.29, 0.717) is 22.5 Å². The molecule has 0 saturated heterocycles. The summed E-state index contributed by atoms with van der Waals surface area (Å²) in [4.78, 5) is 13.2. The van der Waals surface area contributed by atoms with Crippen molar-refractivity contribution in [3.05, 3.63) is 101 Å². The molecule has 0 aliphatic rings. The predicted molar refractivity (Wildman–Crippen MR) is 191 cm³/mol. The van der Waals surface area contributed by atoms with Crippen LogP contribution in [-0.2, 0) is 48.2 Å². The van der Waals surface area contributed by atoms with Crippen molar-refractivity contribution in [1.82, 2.24) is 9.55 Å². The largest absolute Gasteiger partial charge is 2.00 e. The second-order valence-electron chi connectivity index (χ2n) is 16.1. The van der Waals surface area contributed by atoms with Gasteiger partial charge in [-0.1, -0.05) is 131 Å². The molecule has 4 rings (SSSR count). The van der Waals surface area contributed by atoms with Crippen LogP contribution < -0.4 is 10.2 Å². The Hall–Kier alpha value is -3.57. The van der Waals surface area contributed by atoms with E-state index in [1.165, 1.54) is 0 Å². The molecule has 4 aromatic rings. The second-order valence-corrected chi connectivity index (χ2v) is 16.1. The molecule has 0 atom stereocenters. The molecule has 0 fully saturated rings. The number of aliphatic imine (C=N–C) groups is 2. The Balaban J connectivity index is 0.000000983. The molecule has 0 saturated carbocycles. The van der Waals surface area contributed by atoms with Crippen molar-refractivity contribution in [2.75, 3.05) is 0 Å². The molecule has 6 nitrogen and oxygen atoms in total. The van der Waals surface area contributed by atoms with Gasteiger partial charge in [0.05, 0.1) is 17.7 Å². The molecule has 1 aromatic heterocycles. The fourth-order valence-electron chi connectivity index (χ4n) is 4.76. The molecule has 0 spiro atoms. The molecule has 246 valence electrons. The SMILES string of the molecule is CC(C)(C)c1cc(C=Nc2ccccc2N=Cc2cc(C(C)(C)C)cc(C(C)(C)C)c2[O-])c([O-])c(C(C)(C)C)c1.Cn1ccnc1.[Zn+2]. The van der Waals surface area contributed by atoms with E-state index in [-0.39, 0.29) is 52.6 Å². The third-order valence-electron chi connectivity index (χ3n) is 7.79. The Morgan fingerprint density at radius 2 is 1.00 bits per heavy atom. The molecular formula is C40H52N4O2Zn. The zero-order valence-corrected chi connectivity index (χ0v) is 33.8. The van der Waals surface area contributed by atoms with Crippen LogP contribution in [0.2, 0.25) is 0 Å². The summed E-state index contributed by atoms with van der Waals surface area (Å²) in [5, 5.41) is 26.8. The fraction of sp³-hybridized carbons (Fsp3) is 0.425. The molecule has 0 radical (unpaired) electrons. The zero-order valence-electron chi connectivity index (χ0n) is 30.8. The smallest absolute Gasteiger partial charge is 0.872 e. The molecule has 1 heterocycles. The van der Waals surface area contributed by atoms with E-state index in [1.54, 1.807) is 25.0 Å². The summed E-state index contributed by atoms with van der Waals surface area (Å²) < 4.78 is 1.89. The summed E-state index contributed by atoms with van der Waals surface area (Å²) in [7, 11) is 1.94. The molecule has 0 unspecified atom stereocenters. The van der Waals surface area contributed by atoms with Gasteiger partial charge in [0.15, 0.2) is 0 Å². The zero-order chi connectivity index (χ0) is 34.7. The number of aryl methyl sites for hydroxylation is 1. The van der Waals surface area contributed by atoms with Gasteiger partial charge >= 0.3 is 19.5 Å². The van der Waals surface area contributed by atoms with Crippen molar-refractivity contribution in [3.8, 4) is 11.5 Å². The summed E-state index contributed by atoms with van der Waals surface area (Å²) in [5.74, 6) is -0.00938. The van der Waals surface area contributed by atoms with Crippen LogP contribution in [0.4, 0.5) is 11.4 Å². The Morgan fingerprint density at radius 1 is 0.617 bits per heavy atom. The number of aromatic nitrogens is 2. The molecule has 0 bridgehead atoms. The van der Waals surface area contributed by atoms with E-state index in [2.05, 4.69) is 88.1 Å². The van der Waals surface area contributed by atoms with Crippen LogP contribution in [-0.4, -0.2) is 22.0 Å². The molecular weight excluding hydrogens is 634 g/mol. The van der Waals surface area contributed by atoms with E-state index in [1.807, 2.05) is 66.3 Å². The first-order valence-corrected chi connectivity index (χ1v) is 15.9. The van der Waals surface area contributed by atoms with Crippen molar-refractivity contribution in [1.29, 1.82) is 0 Å². The van der Waals surface area contributed by atoms with Gasteiger partial charge in [-0.2, -0.15) is 0 Å². The monoisotopic (exact) mass is 684 g/mol. The molecule has 0 aliphatic carbocycles. The van der Waals surface area contributed by atoms with E-state index in [9.17, 15) is 10.2 Å². The number of benzene rings is 3. The minimum atomic E-state index is -0.285. The Kier molecular flexibility index (Phi) is 12.7. The molecule has 0 N–H and O–H groups in total. The normalized spacial score (nSPS) is 12.6. The van der Waals surface area contributed by atoms with Crippen molar-refractivity contribution in [2.45, 2.75) is 105 Å². The Labute approximate surface area is 295 Å². The van der Waals surface area contributed by atoms with Crippen molar-refractivity contribution >= 4 is 23.8 Å². The topological polar surface area (TPSA) is 88.7 Å². The maximum Gasteiger partial charge on any atom is 2.00 e. The van der Waals surface area contributed by atoms with Gasteiger partial charge < -0.3 is 14.8 Å². The van der Waals surface area contributed by atoms with Crippen LogP contribution in [0.1, 0.15) is 116 Å². The van der Waals surface area contributed by atoms with E-state index in [0.717, 1.165) is 22.3 Å². The first-order valence-electron chi connectivity index (χ1n) is 15.9. The average molecular weight is 686 g/mol. The van der Waals surface area contributed by atoms with Gasteiger partial charge in [0.25, 0.3) is 0 Å². The van der Waals surface area contributed by atoms with Crippen LogP contribution >= 0.6 is 0 Å². The number of hydrogen-bond acceptors (Lipinski definition) is 5. The summed E-state index contributed by atoms with van der Waals surface area (Å²) >= 11 is 0. The Bertz CT molecular complexity index is 1580. The van der Waals surface area contributed by atoms with Gasteiger partial charge in [0.2, 0.25) is 0 Å². The number of nitrogens with zero attached hydrogens (tertiary/aromatic N) is 4. The van der Waals surface area contributed by atoms with Gasteiger partial charge in [-0.15, -0.1) is 0 Å². The van der Waals surface area contributed by atoms with E-state index in [4.69, 9.17) is 9.98 Å². The summed E-state index contributed by atoms with van der Waals surface area (Å²) in [6.07, 6.45) is 8.69. The van der Waals surface area contributed by atoms with Crippen LogP contribution in [0.15, 0.2) is 77.2 Å². The molecule has 3 aromatic carbocycles. The number of rotatable bonds is 4. The third kappa shape index (κ3) is 10.7. The first-order chi connectivity index (χ1) is 21.1. The quantitative estimate of drug-likeness (QED) is 0.159. The number of para-hydroxylation sites is 2. The van der Waals surface area contributed by atoms with Crippen LogP contribution in [0.25, 0.3) is 0 Å². The molecule has 47 heavy (non-hydrogen) atoms. The van der Waals surface area contributed by atoms with Gasteiger partial charge in [0, 0.05) is 31.9 Å². The van der Waals surface area contributed by atoms with Gasteiger partial charge in [0.1, 0.15) is 0 Å². The summed E-state index contributed by atoms with van der Waals surface area (Å²) in [5.41, 5.74) is 5.36. The van der Waals surface area contributed by atoms with Crippen LogP contribution in [0.3, 0.4) is 0 Å². The first kappa shape index (κ1) is 39.6. The number of hydrogen-bond donors (Lipinski definition) is 0. The Morgan fingerprint density at radius 3 is 1.26 bits per heavy atom. The van der Waals surface area contributed by atoms with Gasteiger partial charge in [-0.3, -0.25) is 9.98 Å². The van der Waals surface area contributed by atoms with Gasteiger partial charge in [-0.25, -0.2) is 4.98 Å². The van der Waals surface area contributed by atoms with Crippen LogP contribution in [0.5, 0.6) is 11.5 Å². The van der Waals surface area contributed by atoms with Crippen molar-refractivity contribution in [3.63, 3.8) is 0 Å². The summed E-state index contributed by atoms with van der Waals surface area (Å²) in [6, 6.07) is 15.5. The minimum Gasteiger partial charge on any atom is -0.872 e. The standard InChI is InChI=1S/C36H48N2O2.C4H6N2.Zn/c1-33(2,3)25-17-23(31(39)27(19-25)35(7,8)9)21-37-29-15-13-14-16-30(29)38-22-24-18-26(34(4,5)6)20-28(32(24)40)36(10,11)12;1-6-3-2-5-4-6;/h13-22,39-40H,1-12H3;2-4H,1H3;/q;;+2/p-2. The maximum atomic E-state index is 13.4. The van der Waals surface area contributed by atoms with Crippen molar-refractivity contribution < 1.29 is 29.7 Å². The third-order valence-corrected chi connectivity index (χ3v) is 7.79. The van der Waals surface area contributed by atoms with E-state index < -0.39 is 0 Å². The molecule has 0 amide bonds. The van der Waals surface area contributed by atoms with E-state index >= 15 is 0 Å². The number of imidazole rings is 1. The summed E-state index contributed by atoms with van der Waals surface area (Å²) in [6.45, 7) is 25.2.